The molecular formula is C22H27N5O3S. The van der Waals surface area contributed by atoms with E-state index in [4.69, 9.17) is 0 Å². The first-order chi connectivity index (χ1) is 14.8. The summed E-state index contributed by atoms with van der Waals surface area (Å²) in [5, 5.41) is 0. The Morgan fingerprint density at radius 1 is 1.13 bits per heavy atom. The number of fused-ring (bicyclic) bond motifs is 1. The number of aryl methyl sites for hydroxylation is 1. The van der Waals surface area contributed by atoms with E-state index in [2.05, 4.69) is 14.6 Å². The van der Waals surface area contributed by atoms with Gasteiger partial charge >= 0.3 is 0 Å². The van der Waals surface area contributed by atoms with Crippen LogP contribution in [0.15, 0.2) is 47.6 Å². The minimum Gasteiger partial charge on any atom is -0.336 e. The maximum Gasteiger partial charge on any atom is 0.253 e. The van der Waals surface area contributed by atoms with Crippen molar-refractivity contribution in [2.24, 2.45) is 0 Å². The third-order valence-electron chi connectivity index (χ3n) is 5.88. The minimum absolute atomic E-state index is 0.136. The molecule has 1 aromatic carbocycles. The molecule has 0 spiro atoms. The number of hydrogen-bond donors (Lipinski definition) is 1. The largest absolute Gasteiger partial charge is 0.336 e. The topological polar surface area (TPSA) is 87.0 Å². The number of sulfonamides is 1. The summed E-state index contributed by atoms with van der Waals surface area (Å²) in [6.07, 6.45) is 4.01. The van der Waals surface area contributed by atoms with E-state index in [1.54, 1.807) is 17.9 Å². The smallest absolute Gasteiger partial charge is 0.253 e. The molecule has 3 heterocycles. The molecule has 0 bridgehead atoms. The molecule has 0 unspecified atom stereocenters. The highest BCUT2D eigenvalue weighted by Crippen LogP contribution is 2.22. The van der Waals surface area contributed by atoms with Crippen LogP contribution in [0.1, 0.15) is 27.2 Å². The van der Waals surface area contributed by atoms with E-state index in [0.29, 0.717) is 24.2 Å². The van der Waals surface area contributed by atoms with Crippen molar-refractivity contribution in [3.05, 3.63) is 65.1 Å². The number of rotatable bonds is 5. The fourth-order valence-electron chi connectivity index (χ4n) is 3.92. The number of carbonyl (C=O) groups excluding carboxylic acids is 1. The number of carbonyl (C=O) groups is 1. The molecular weight excluding hydrogens is 414 g/mol. The molecule has 1 fully saturated rings. The lowest BCUT2D eigenvalue weighted by atomic mass is 10.0. The van der Waals surface area contributed by atoms with Gasteiger partial charge in [0.2, 0.25) is 10.0 Å². The van der Waals surface area contributed by atoms with Crippen molar-refractivity contribution >= 4 is 21.6 Å². The van der Waals surface area contributed by atoms with E-state index >= 15 is 0 Å². The summed E-state index contributed by atoms with van der Waals surface area (Å²) in [5.41, 5.74) is 3.77. The minimum atomic E-state index is -3.63. The van der Waals surface area contributed by atoms with E-state index in [-0.39, 0.29) is 10.8 Å². The van der Waals surface area contributed by atoms with Gasteiger partial charge in [-0.3, -0.25) is 9.69 Å². The molecule has 164 valence electrons. The Morgan fingerprint density at radius 2 is 1.87 bits per heavy atom. The van der Waals surface area contributed by atoms with E-state index in [1.807, 2.05) is 41.9 Å². The first-order valence-corrected chi connectivity index (χ1v) is 11.8. The zero-order chi connectivity index (χ0) is 22.2. The number of nitrogens with one attached hydrogen (secondary N) is 1. The first kappa shape index (κ1) is 21.5. The Bertz CT molecular complexity index is 1190. The average molecular weight is 442 g/mol. The van der Waals surface area contributed by atoms with Crippen LogP contribution in [0.4, 0.5) is 0 Å². The summed E-state index contributed by atoms with van der Waals surface area (Å²) in [5.74, 6) is -0.136. The highest BCUT2D eigenvalue weighted by atomic mass is 32.2. The molecule has 31 heavy (non-hydrogen) atoms. The number of pyridine rings is 1. The number of benzene rings is 1. The summed E-state index contributed by atoms with van der Waals surface area (Å²) in [6.45, 7) is 6.98. The van der Waals surface area contributed by atoms with E-state index < -0.39 is 10.0 Å². The van der Waals surface area contributed by atoms with Crippen LogP contribution in [-0.2, 0) is 16.6 Å². The van der Waals surface area contributed by atoms with Crippen molar-refractivity contribution in [3.8, 4) is 0 Å². The molecule has 0 saturated carbocycles. The molecule has 0 radical (unpaired) electrons. The molecule has 4 rings (SSSR count). The summed E-state index contributed by atoms with van der Waals surface area (Å²) in [4.78, 5) is 22.0. The predicted octanol–water partition coefficient (Wildman–Crippen LogP) is 1.82. The predicted molar refractivity (Wildman–Crippen MR) is 119 cm³/mol. The normalized spacial score (nSPS) is 15.5. The second-order valence-electron chi connectivity index (χ2n) is 7.89. The SMILES string of the molecule is CNS(=O)(=O)c1cc(C(=O)N2CCN(Cc3cn4ccccc4n3)CC2)cc(C)c1C. The van der Waals surface area contributed by atoms with E-state index in [9.17, 15) is 13.2 Å². The fraction of sp³-hybridized carbons (Fsp3) is 0.364. The van der Waals surface area contributed by atoms with Gasteiger partial charge in [0.25, 0.3) is 5.91 Å². The van der Waals surface area contributed by atoms with Gasteiger partial charge in [-0.05, 0) is 56.3 Å². The van der Waals surface area contributed by atoms with Crippen LogP contribution < -0.4 is 4.72 Å². The molecule has 8 nitrogen and oxygen atoms in total. The van der Waals surface area contributed by atoms with Gasteiger partial charge < -0.3 is 9.30 Å². The number of imidazole rings is 1. The Hall–Kier alpha value is -2.75. The molecule has 1 aliphatic rings. The van der Waals surface area contributed by atoms with Crippen molar-refractivity contribution in [3.63, 3.8) is 0 Å². The van der Waals surface area contributed by atoms with Gasteiger partial charge in [-0.1, -0.05) is 6.07 Å². The molecule has 1 amide bonds. The Balaban J connectivity index is 1.44. The van der Waals surface area contributed by atoms with Crippen LogP contribution in [-0.4, -0.2) is 66.7 Å². The third-order valence-corrected chi connectivity index (χ3v) is 7.42. The van der Waals surface area contributed by atoms with Crippen molar-refractivity contribution < 1.29 is 13.2 Å². The van der Waals surface area contributed by atoms with Gasteiger partial charge in [0.15, 0.2) is 0 Å². The molecule has 1 saturated heterocycles. The van der Waals surface area contributed by atoms with Crippen LogP contribution in [0.2, 0.25) is 0 Å². The van der Waals surface area contributed by atoms with E-state index in [0.717, 1.165) is 36.5 Å². The molecule has 3 aromatic rings. The van der Waals surface area contributed by atoms with E-state index in [1.165, 1.54) is 13.1 Å². The zero-order valence-corrected chi connectivity index (χ0v) is 18.8. The molecule has 0 aliphatic carbocycles. The Morgan fingerprint density at radius 3 is 2.55 bits per heavy atom. The lowest BCUT2D eigenvalue weighted by Crippen LogP contribution is -2.48. The standard InChI is InChI=1S/C22H27N5O3S/c1-16-12-18(13-20(17(16)2)31(29,30)23-3)22(28)26-10-8-25(9-11-26)14-19-15-27-7-5-4-6-21(27)24-19/h4-7,12-13,15,23H,8-11,14H2,1-3H3. The lowest BCUT2D eigenvalue weighted by molar-refractivity contribution is 0.0627. The molecule has 9 heteroatoms. The highest BCUT2D eigenvalue weighted by Gasteiger charge is 2.25. The summed E-state index contributed by atoms with van der Waals surface area (Å²) >= 11 is 0. The molecule has 1 N–H and O–H groups in total. The van der Waals surface area contributed by atoms with Crippen LogP contribution in [0.25, 0.3) is 5.65 Å². The maximum atomic E-state index is 13.1. The maximum absolute atomic E-state index is 13.1. The summed E-state index contributed by atoms with van der Waals surface area (Å²) < 4.78 is 29.1. The zero-order valence-electron chi connectivity index (χ0n) is 18.0. The fourth-order valence-corrected chi connectivity index (χ4v) is 4.99. The van der Waals surface area contributed by atoms with Gasteiger partial charge in [-0.2, -0.15) is 0 Å². The summed E-state index contributed by atoms with van der Waals surface area (Å²) in [6, 6.07) is 9.18. The van der Waals surface area contributed by atoms with Gasteiger partial charge in [-0.25, -0.2) is 18.1 Å². The second-order valence-corrected chi connectivity index (χ2v) is 9.75. The number of amides is 1. The Labute approximate surface area is 182 Å². The number of hydrogen-bond acceptors (Lipinski definition) is 5. The van der Waals surface area contributed by atoms with Gasteiger partial charge in [0, 0.05) is 50.7 Å². The van der Waals surface area contributed by atoms with Crippen LogP contribution in [0.5, 0.6) is 0 Å². The van der Waals surface area contributed by atoms with Gasteiger partial charge in [0.1, 0.15) is 5.65 Å². The van der Waals surface area contributed by atoms with Crippen molar-refractivity contribution in [1.29, 1.82) is 0 Å². The Kier molecular flexibility index (Phi) is 5.83. The monoisotopic (exact) mass is 441 g/mol. The van der Waals surface area contributed by atoms with Gasteiger partial charge in [-0.15, -0.1) is 0 Å². The van der Waals surface area contributed by atoms with Crippen LogP contribution in [0, 0.1) is 13.8 Å². The third kappa shape index (κ3) is 4.34. The second kappa shape index (κ2) is 8.41. The number of nitrogens with zero attached hydrogens (tertiary/aromatic N) is 4. The number of piperazine rings is 1. The molecule has 2 aromatic heterocycles. The highest BCUT2D eigenvalue weighted by molar-refractivity contribution is 7.89. The molecule has 0 atom stereocenters. The number of aromatic nitrogens is 2. The average Bonchev–Trinajstić information content (AvgIpc) is 3.17. The van der Waals surface area contributed by atoms with Crippen LogP contribution >= 0.6 is 0 Å². The first-order valence-electron chi connectivity index (χ1n) is 10.3. The van der Waals surface area contributed by atoms with Crippen LogP contribution in [0.3, 0.4) is 0 Å². The summed E-state index contributed by atoms with van der Waals surface area (Å²) in [7, 11) is -2.25. The van der Waals surface area contributed by atoms with Crippen molar-refractivity contribution in [2.75, 3.05) is 33.2 Å². The van der Waals surface area contributed by atoms with Gasteiger partial charge in [0.05, 0.1) is 10.6 Å². The van der Waals surface area contributed by atoms with Crippen molar-refractivity contribution in [1.82, 2.24) is 23.9 Å². The molecule has 1 aliphatic heterocycles. The van der Waals surface area contributed by atoms with Crippen molar-refractivity contribution in [2.45, 2.75) is 25.3 Å². The quantitative estimate of drug-likeness (QED) is 0.653. The lowest BCUT2D eigenvalue weighted by Gasteiger charge is -2.34.